The molecule has 1 atom stereocenters. The maximum absolute atomic E-state index is 11.6. The average molecular weight is 453 g/mol. The Hall–Kier alpha value is -1.50. The molecule has 0 heterocycles. The van der Waals surface area contributed by atoms with E-state index in [1.807, 2.05) is 0 Å². The maximum atomic E-state index is 11.6. The lowest BCUT2D eigenvalue weighted by atomic mass is 9.67. The van der Waals surface area contributed by atoms with Crippen LogP contribution < -0.4 is 0 Å². The molecule has 0 amide bonds. The molecule has 0 aromatic rings. The summed E-state index contributed by atoms with van der Waals surface area (Å²) in [7, 11) is 0. The highest BCUT2D eigenvalue weighted by Crippen LogP contribution is 2.43. The summed E-state index contributed by atoms with van der Waals surface area (Å²) in [6.07, 6.45) is 13.7. The first-order chi connectivity index (χ1) is 15.4. The van der Waals surface area contributed by atoms with Gasteiger partial charge in [-0.3, -0.25) is 4.79 Å². The largest absolute Gasteiger partial charge is 0.462 e. The number of aldehydes is 1. The van der Waals surface area contributed by atoms with Gasteiger partial charge in [0.15, 0.2) is 0 Å². The fourth-order valence-electron chi connectivity index (χ4n) is 5.17. The number of ether oxygens (including phenoxy) is 1. The SMILES string of the molecule is C=C(C=O)CO.C=C(CO)C(=O)OCC(CO)C1CCC(C2CCC(CCC)CC2)CC1. The Balaban J connectivity index is 0.000000751. The lowest BCUT2D eigenvalue weighted by molar-refractivity contribution is -0.142. The van der Waals surface area contributed by atoms with Gasteiger partial charge in [0.05, 0.1) is 25.4 Å². The molecule has 3 N–H and O–H groups in total. The van der Waals surface area contributed by atoms with Crippen LogP contribution in [0.1, 0.15) is 71.1 Å². The summed E-state index contributed by atoms with van der Waals surface area (Å²) in [4.78, 5) is 21.1. The van der Waals surface area contributed by atoms with Crippen molar-refractivity contribution in [3.63, 3.8) is 0 Å². The van der Waals surface area contributed by atoms with E-state index in [9.17, 15) is 14.7 Å². The van der Waals surface area contributed by atoms with Crippen LogP contribution in [0.2, 0.25) is 0 Å². The van der Waals surface area contributed by atoms with Crippen molar-refractivity contribution in [3.8, 4) is 0 Å². The van der Waals surface area contributed by atoms with Crippen molar-refractivity contribution in [2.24, 2.45) is 29.6 Å². The van der Waals surface area contributed by atoms with Crippen LogP contribution in [0.25, 0.3) is 0 Å². The minimum atomic E-state index is -0.552. The molecule has 1 unspecified atom stereocenters. The van der Waals surface area contributed by atoms with E-state index in [1.54, 1.807) is 0 Å². The molecule has 2 aliphatic carbocycles. The predicted octanol–water partition coefficient (Wildman–Crippen LogP) is 3.83. The molecule has 0 radical (unpaired) electrons. The third kappa shape index (κ3) is 9.97. The van der Waals surface area contributed by atoms with Crippen molar-refractivity contribution in [2.75, 3.05) is 26.4 Å². The van der Waals surface area contributed by atoms with Crippen molar-refractivity contribution < 1.29 is 29.6 Å². The Morgan fingerprint density at radius 2 is 1.53 bits per heavy atom. The van der Waals surface area contributed by atoms with Gasteiger partial charge in [0.2, 0.25) is 0 Å². The van der Waals surface area contributed by atoms with Gasteiger partial charge < -0.3 is 20.1 Å². The molecule has 0 bridgehead atoms. The number of carbonyl (C=O) groups is 2. The second-order valence-corrected chi connectivity index (χ2v) is 9.48. The second kappa shape index (κ2) is 16.2. The molecule has 0 aliphatic heterocycles. The molecule has 2 aliphatic rings. The molecule has 0 saturated heterocycles. The zero-order chi connectivity index (χ0) is 23.9. The Morgan fingerprint density at radius 3 is 1.94 bits per heavy atom. The van der Waals surface area contributed by atoms with E-state index in [1.165, 1.54) is 51.4 Å². The molecular weight excluding hydrogens is 408 g/mol. The quantitative estimate of drug-likeness (QED) is 0.250. The van der Waals surface area contributed by atoms with Crippen LogP contribution in [0.4, 0.5) is 0 Å². The van der Waals surface area contributed by atoms with Crippen LogP contribution in [0.3, 0.4) is 0 Å². The van der Waals surface area contributed by atoms with E-state index >= 15 is 0 Å². The molecule has 0 spiro atoms. The number of rotatable bonds is 11. The van der Waals surface area contributed by atoms with Gasteiger partial charge in [-0.05, 0) is 62.2 Å². The smallest absolute Gasteiger partial charge is 0.335 e. The van der Waals surface area contributed by atoms with Crippen LogP contribution in [-0.4, -0.2) is 54.0 Å². The highest BCUT2D eigenvalue weighted by molar-refractivity contribution is 5.87. The standard InChI is InChI=1S/C22H38O4.C4H6O2/c1-3-4-17-5-7-18(8-6-17)19-9-11-20(12-10-19)21(14-24)15-26-22(25)16(2)13-23;1-4(2-5)3-6/h17-21,23-24H,2-15H2,1H3;2,6H,1,3H2. The number of aliphatic hydroxyl groups is 3. The summed E-state index contributed by atoms with van der Waals surface area (Å²) in [6.45, 7) is 8.61. The highest BCUT2D eigenvalue weighted by atomic mass is 16.5. The minimum absolute atomic E-state index is 0.00619. The third-order valence-corrected chi connectivity index (χ3v) is 7.25. The Bertz CT molecular complexity index is 571. The molecule has 0 aromatic heterocycles. The molecule has 184 valence electrons. The summed E-state index contributed by atoms with van der Waals surface area (Å²) >= 11 is 0. The lowest BCUT2D eigenvalue weighted by Gasteiger charge is -2.39. The van der Waals surface area contributed by atoms with Crippen LogP contribution in [0.15, 0.2) is 24.3 Å². The topological polar surface area (TPSA) is 104 Å². The molecule has 6 nitrogen and oxygen atoms in total. The molecule has 0 aromatic carbocycles. The van der Waals surface area contributed by atoms with Crippen molar-refractivity contribution in [1.29, 1.82) is 0 Å². The third-order valence-electron chi connectivity index (χ3n) is 7.25. The molecule has 2 rings (SSSR count). The van der Waals surface area contributed by atoms with Gasteiger partial charge in [-0.2, -0.15) is 0 Å². The van der Waals surface area contributed by atoms with E-state index in [4.69, 9.17) is 14.9 Å². The van der Waals surface area contributed by atoms with Gasteiger partial charge in [0.25, 0.3) is 0 Å². The van der Waals surface area contributed by atoms with Crippen molar-refractivity contribution in [3.05, 3.63) is 24.3 Å². The first kappa shape index (κ1) is 28.5. The monoisotopic (exact) mass is 452 g/mol. The van der Waals surface area contributed by atoms with E-state index in [2.05, 4.69) is 20.1 Å². The van der Waals surface area contributed by atoms with Crippen molar-refractivity contribution in [2.45, 2.75) is 71.1 Å². The summed E-state index contributed by atoms with van der Waals surface area (Å²) in [5, 5.41) is 26.6. The van der Waals surface area contributed by atoms with Crippen molar-refractivity contribution in [1.82, 2.24) is 0 Å². The summed E-state index contributed by atoms with van der Waals surface area (Å²) in [6, 6.07) is 0. The molecule has 2 saturated carbocycles. The second-order valence-electron chi connectivity index (χ2n) is 9.48. The van der Waals surface area contributed by atoms with Gasteiger partial charge in [-0.25, -0.2) is 4.79 Å². The first-order valence-electron chi connectivity index (χ1n) is 12.2. The molecular formula is C26H44O6. The summed E-state index contributed by atoms with van der Waals surface area (Å²) in [5.41, 5.74) is 0.291. The predicted molar refractivity (Wildman–Crippen MR) is 126 cm³/mol. The van der Waals surface area contributed by atoms with Crippen LogP contribution in [0, 0.1) is 29.6 Å². The Kier molecular flexibility index (Phi) is 14.4. The Labute approximate surface area is 193 Å². The van der Waals surface area contributed by atoms with Crippen LogP contribution in [-0.2, 0) is 14.3 Å². The van der Waals surface area contributed by atoms with Crippen LogP contribution >= 0.6 is 0 Å². The maximum Gasteiger partial charge on any atom is 0.335 e. The zero-order valence-corrected chi connectivity index (χ0v) is 19.8. The van der Waals surface area contributed by atoms with E-state index < -0.39 is 5.97 Å². The van der Waals surface area contributed by atoms with Gasteiger partial charge in [0, 0.05) is 18.1 Å². The van der Waals surface area contributed by atoms with Gasteiger partial charge in [0.1, 0.15) is 6.29 Å². The number of aliphatic hydroxyl groups excluding tert-OH is 3. The number of hydrogen-bond acceptors (Lipinski definition) is 6. The van der Waals surface area contributed by atoms with Crippen molar-refractivity contribution >= 4 is 12.3 Å². The van der Waals surface area contributed by atoms with E-state index in [0.29, 0.717) is 12.2 Å². The van der Waals surface area contributed by atoms with E-state index in [-0.39, 0.29) is 43.5 Å². The normalized spacial score (nSPS) is 26.2. The fourth-order valence-corrected chi connectivity index (χ4v) is 5.17. The number of carbonyl (C=O) groups excluding carboxylic acids is 2. The first-order valence-corrected chi connectivity index (χ1v) is 12.2. The van der Waals surface area contributed by atoms with E-state index in [0.717, 1.165) is 30.6 Å². The summed E-state index contributed by atoms with van der Waals surface area (Å²) in [5.74, 6) is 2.61. The molecule has 2 fully saturated rings. The lowest BCUT2D eigenvalue weighted by Crippen LogP contribution is -2.31. The average Bonchev–Trinajstić information content (AvgIpc) is 2.84. The highest BCUT2D eigenvalue weighted by Gasteiger charge is 2.33. The summed E-state index contributed by atoms with van der Waals surface area (Å²) < 4.78 is 5.22. The fraction of sp³-hybridized carbons (Fsp3) is 0.769. The van der Waals surface area contributed by atoms with Gasteiger partial charge in [-0.15, -0.1) is 0 Å². The molecule has 32 heavy (non-hydrogen) atoms. The molecule has 6 heteroatoms. The van der Waals surface area contributed by atoms with Gasteiger partial charge in [-0.1, -0.05) is 45.8 Å². The van der Waals surface area contributed by atoms with Crippen LogP contribution in [0.5, 0.6) is 0 Å². The van der Waals surface area contributed by atoms with Gasteiger partial charge >= 0.3 is 5.97 Å². The number of esters is 1. The Morgan fingerprint density at radius 1 is 0.969 bits per heavy atom. The minimum Gasteiger partial charge on any atom is -0.462 e. The number of hydrogen-bond donors (Lipinski definition) is 3. The zero-order valence-electron chi connectivity index (χ0n) is 19.8.